The average molecular weight is 336 g/mol. The number of amides is 2. The normalized spacial score (nSPS) is 19.2. The summed E-state index contributed by atoms with van der Waals surface area (Å²) < 4.78 is 0.743. The van der Waals surface area contributed by atoms with E-state index < -0.39 is 0 Å². The molecule has 0 bridgehead atoms. The standard InChI is InChI=1S/C16H18ClN3OS/c1-11(14-4-5-15(17)22-14)19-16(21)20-10-2-3-13(20)12-6-8-18-9-7-12/h4-9,11,13H,2-3,10H2,1H3,(H,19,21)/t11-,13+/m0/s1. The molecule has 116 valence electrons. The lowest BCUT2D eigenvalue weighted by atomic mass is 10.1. The molecule has 3 heterocycles. The Morgan fingerprint density at radius 2 is 2.18 bits per heavy atom. The van der Waals surface area contributed by atoms with Crippen LogP contribution >= 0.6 is 22.9 Å². The fourth-order valence-electron chi connectivity index (χ4n) is 2.84. The number of thiophene rings is 1. The van der Waals surface area contributed by atoms with Crippen LogP contribution in [0.4, 0.5) is 4.79 Å². The SMILES string of the molecule is C[C@H](NC(=O)N1CCC[C@@H]1c1ccncc1)c1ccc(Cl)s1. The van der Waals surface area contributed by atoms with Crippen molar-refractivity contribution < 1.29 is 4.79 Å². The Labute approximate surface area is 139 Å². The molecule has 1 fully saturated rings. The van der Waals surface area contributed by atoms with Crippen molar-refractivity contribution in [2.75, 3.05) is 6.54 Å². The van der Waals surface area contributed by atoms with Crippen LogP contribution in [-0.4, -0.2) is 22.5 Å². The highest BCUT2D eigenvalue weighted by Gasteiger charge is 2.30. The van der Waals surface area contributed by atoms with E-state index in [0.717, 1.165) is 34.2 Å². The number of rotatable bonds is 3. The summed E-state index contributed by atoms with van der Waals surface area (Å²) in [4.78, 5) is 19.6. The lowest BCUT2D eigenvalue weighted by Crippen LogP contribution is -2.40. The molecule has 4 nitrogen and oxygen atoms in total. The number of carbonyl (C=O) groups is 1. The lowest BCUT2D eigenvalue weighted by Gasteiger charge is -2.26. The summed E-state index contributed by atoms with van der Waals surface area (Å²) in [5, 5.41) is 3.07. The van der Waals surface area contributed by atoms with Gasteiger partial charge in [-0.05, 0) is 49.6 Å². The molecule has 22 heavy (non-hydrogen) atoms. The second kappa shape index (κ2) is 6.67. The van der Waals surface area contributed by atoms with Gasteiger partial charge in [-0.2, -0.15) is 0 Å². The molecule has 1 aliphatic heterocycles. The number of nitrogens with zero attached hydrogens (tertiary/aromatic N) is 2. The van der Waals surface area contributed by atoms with E-state index in [1.807, 2.05) is 36.1 Å². The third-order valence-corrected chi connectivity index (χ3v) is 5.38. The van der Waals surface area contributed by atoms with Crippen molar-refractivity contribution in [3.05, 3.63) is 51.4 Å². The molecule has 2 aromatic rings. The molecule has 0 aromatic carbocycles. The van der Waals surface area contributed by atoms with Crippen molar-refractivity contribution in [1.82, 2.24) is 15.2 Å². The Hall–Kier alpha value is -1.59. The van der Waals surface area contributed by atoms with E-state index in [4.69, 9.17) is 11.6 Å². The van der Waals surface area contributed by atoms with Crippen LogP contribution in [0.15, 0.2) is 36.7 Å². The molecule has 0 spiro atoms. The number of hydrogen-bond acceptors (Lipinski definition) is 3. The van der Waals surface area contributed by atoms with E-state index in [2.05, 4.69) is 10.3 Å². The summed E-state index contributed by atoms with van der Waals surface area (Å²) in [6, 6.07) is 7.88. The molecule has 2 aromatic heterocycles. The molecule has 2 atom stereocenters. The molecule has 6 heteroatoms. The van der Waals surface area contributed by atoms with Gasteiger partial charge in [0.1, 0.15) is 0 Å². The minimum Gasteiger partial charge on any atom is -0.331 e. The summed E-state index contributed by atoms with van der Waals surface area (Å²) in [5.41, 5.74) is 1.15. The largest absolute Gasteiger partial charge is 0.331 e. The maximum atomic E-state index is 12.6. The zero-order chi connectivity index (χ0) is 15.5. The van der Waals surface area contributed by atoms with E-state index in [1.165, 1.54) is 11.3 Å². The predicted molar refractivity (Wildman–Crippen MR) is 89.2 cm³/mol. The Morgan fingerprint density at radius 3 is 2.86 bits per heavy atom. The fourth-order valence-corrected chi connectivity index (χ4v) is 3.91. The van der Waals surface area contributed by atoms with Gasteiger partial charge in [-0.3, -0.25) is 4.98 Å². The average Bonchev–Trinajstić information content (AvgIpc) is 3.16. The first-order valence-corrected chi connectivity index (χ1v) is 8.57. The summed E-state index contributed by atoms with van der Waals surface area (Å²) in [5.74, 6) is 0. The summed E-state index contributed by atoms with van der Waals surface area (Å²) in [7, 11) is 0. The molecule has 0 radical (unpaired) electrons. The van der Waals surface area contributed by atoms with Gasteiger partial charge in [-0.15, -0.1) is 11.3 Å². The smallest absolute Gasteiger partial charge is 0.318 e. The van der Waals surface area contributed by atoms with Gasteiger partial charge in [0.2, 0.25) is 0 Å². The zero-order valence-electron chi connectivity index (χ0n) is 12.3. The number of halogens is 1. The predicted octanol–water partition coefficient (Wildman–Crippen LogP) is 4.40. The first kappa shape index (κ1) is 15.3. The first-order valence-electron chi connectivity index (χ1n) is 7.37. The van der Waals surface area contributed by atoms with E-state index in [0.29, 0.717) is 0 Å². The van der Waals surface area contributed by atoms with Crippen molar-refractivity contribution in [1.29, 1.82) is 0 Å². The van der Waals surface area contributed by atoms with E-state index >= 15 is 0 Å². The maximum Gasteiger partial charge on any atom is 0.318 e. The third-order valence-electron chi connectivity index (χ3n) is 3.97. The molecule has 1 aliphatic rings. The van der Waals surface area contributed by atoms with Gasteiger partial charge in [-0.25, -0.2) is 4.79 Å². The molecular formula is C16H18ClN3OS. The Balaban J connectivity index is 1.69. The molecule has 1 saturated heterocycles. The van der Waals surface area contributed by atoms with Gasteiger partial charge in [-0.1, -0.05) is 11.6 Å². The van der Waals surface area contributed by atoms with Crippen LogP contribution in [0, 0.1) is 0 Å². The van der Waals surface area contributed by atoms with Crippen molar-refractivity contribution in [3.63, 3.8) is 0 Å². The molecule has 3 rings (SSSR count). The Bertz CT molecular complexity index is 646. The highest BCUT2D eigenvalue weighted by molar-refractivity contribution is 7.16. The van der Waals surface area contributed by atoms with Gasteiger partial charge in [0.25, 0.3) is 0 Å². The van der Waals surface area contributed by atoms with Crippen LogP contribution in [0.25, 0.3) is 0 Å². The molecule has 1 N–H and O–H groups in total. The van der Waals surface area contributed by atoms with Crippen LogP contribution in [0.1, 0.15) is 42.3 Å². The number of nitrogens with one attached hydrogen (secondary N) is 1. The molecule has 0 unspecified atom stereocenters. The number of urea groups is 1. The van der Waals surface area contributed by atoms with E-state index in [1.54, 1.807) is 12.4 Å². The van der Waals surface area contributed by atoms with Gasteiger partial charge in [0.15, 0.2) is 0 Å². The molecular weight excluding hydrogens is 318 g/mol. The first-order chi connectivity index (χ1) is 10.6. The summed E-state index contributed by atoms with van der Waals surface area (Å²) in [6.07, 6.45) is 5.58. The van der Waals surface area contributed by atoms with Crippen LogP contribution in [0.5, 0.6) is 0 Å². The number of hydrogen-bond donors (Lipinski definition) is 1. The minimum atomic E-state index is -0.0382. The Kier molecular flexibility index (Phi) is 4.64. The molecule has 0 saturated carbocycles. The van der Waals surface area contributed by atoms with Gasteiger partial charge in [0, 0.05) is 23.8 Å². The third kappa shape index (κ3) is 3.25. The van der Waals surface area contributed by atoms with Crippen molar-refractivity contribution >= 4 is 29.0 Å². The second-order valence-corrected chi connectivity index (χ2v) is 7.19. The maximum absolute atomic E-state index is 12.6. The lowest BCUT2D eigenvalue weighted by molar-refractivity contribution is 0.190. The topological polar surface area (TPSA) is 45.2 Å². The quantitative estimate of drug-likeness (QED) is 0.903. The number of likely N-dealkylation sites (tertiary alicyclic amines) is 1. The minimum absolute atomic E-state index is 0.0173. The van der Waals surface area contributed by atoms with Crippen LogP contribution < -0.4 is 5.32 Å². The highest BCUT2D eigenvalue weighted by atomic mass is 35.5. The van der Waals surface area contributed by atoms with Crippen molar-refractivity contribution in [2.24, 2.45) is 0 Å². The summed E-state index contributed by atoms with van der Waals surface area (Å²) in [6.45, 7) is 2.77. The number of aromatic nitrogens is 1. The van der Waals surface area contributed by atoms with Gasteiger partial charge >= 0.3 is 6.03 Å². The van der Waals surface area contributed by atoms with E-state index in [-0.39, 0.29) is 18.1 Å². The van der Waals surface area contributed by atoms with Crippen LogP contribution in [0.2, 0.25) is 4.34 Å². The van der Waals surface area contributed by atoms with E-state index in [9.17, 15) is 4.79 Å². The monoisotopic (exact) mass is 335 g/mol. The van der Waals surface area contributed by atoms with Gasteiger partial charge < -0.3 is 10.2 Å². The number of carbonyl (C=O) groups excluding carboxylic acids is 1. The highest BCUT2D eigenvalue weighted by Crippen LogP contribution is 2.32. The summed E-state index contributed by atoms with van der Waals surface area (Å²) >= 11 is 7.46. The van der Waals surface area contributed by atoms with Crippen LogP contribution in [-0.2, 0) is 0 Å². The van der Waals surface area contributed by atoms with Crippen molar-refractivity contribution in [3.8, 4) is 0 Å². The Morgan fingerprint density at radius 1 is 1.41 bits per heavy atom. The number of pyridine rings is 1. The van der Waals surface area contributed by atoms with Crippen molar-refractivity contribution in [2.45, 2.75) is 31.8 Å². The van der Waals surface area contributed by atoms with Gasteiger partial charge in [0.05, 0.1) is 16.4 Å². The fraction of sp³-hybridized carbons (Fsp3) is 0.375. The van der Waals surface area contributed by atoms with Crippen LogP contribution in [0.3, 0.4) is 0 Å². The second-order valence-electron chi connectivity index (χ2n) is 5.45. The molecule has 0 aliphatic carbocycles. The zero-order valence-corrected chi connectivity index (χ0v) is 13.9. The molecule has 2 amide bonds.